The average Bonchev–Trinajstić information content (AvgIpc) is 2.39. The summed E-state index contributed by atoms with van der Waals surface area (Å²) in [5.41, 5.74) is 3.22. The number of nitrogens with zero attached hydrogens (tertiary/aromatic N) is 3. The zero-order valence-electron chi connectivity index (χ0n) is 9.96. The van der Waals surface area contributed by atoms with Crippen LogP contribution in [0.25, 0.3) is 0 Å². The van der Waals surface area contributed by atoms with Crippen LogP contribution in [0.1, 0.15) is 35.5 Å². The lowest BCUT2D eigenvalue weighted by atomic mass is 10.0. The Morgan fingerprint density at radius 2 is 2.18 bits per heavy atom. The van der Waals surface area contributed by atoms with E-state index in [1.54, 1.807) is 12.4 Å². The van der Waals surface area contributed by atoms with Crippen molar-refractivity contribution in [3.8, 4) is 0 Å². The van der Waals surface area contributed by atoms with E-state index in [-0.39, 0.29) is 0 Å². The second-order valence-electron chi connectivity index (χ2n) is 3.93. The Morgan fingerprint density at radius 1 is 1.35 bits per heavy atom. The fourth-order valence-electron chi connectivity index (χ4n) is 1.76. The summed E-state index contributed by atoms with van der Waals surface area (Å²) in [5.74, 6) is 0. The molecule has 0 fully saturated rings. The number of aryl methyl sites for hydroxylation is 2. The van der Waals surface area contributed by atoms with E-state index in [0.717, 1.165) is 28.9 Å². The zero-order chi connectivity index (χ0) is 12.3. The van der Waals surface area contributed by atoms with Gasteiger partial charge in [0.05, 0.1) is 11.4 Å². The quantitative estimate of drug-likeness (QED) is 0.872. The lowest BCUT2D eigenvalue weighted by Crippen LogP contribution is -2.07. The van der Waals surface area contributed by atoms with Gasteiger partial charge in [0.1, 0.15) is 6.10 Å². The molecule has 0 amide bonds. The zero-order valence-corrected chi connectivity index (χ0v) is 9.96. The Hall–Kier alpha value is -1.81. The largest absolute Gasteiger partial charge is 0.384 e. The number of rotatable bonds is 3. The van der Waals surface area contributed by atoms with Crippen molar-refractivity contribution < 1.29 is 5.11 Å². The van der Waals surface area contributed by atoms with Crippen molar-refractivity contribution >= 4 is 0 Å². The van der Waals surface area contributed by atoms with Gasteiger partial charge in [0, 0.05) is 23.5 Å². The van der Waals surface area contributed by atoms with Gasteiger partial charge in [-0.25, -0.2) is 0 Å². The van der Waals surface area contributed by atoms with Crippen molar-refractivity contribution in [2.24, 2.45) is 0 Å². The molecule has 0 radical (unpaired) electrons. The minimum Gasteiger partial charge on any atom is -0.384 e. The minimum absolute atomic E-state index is 0.687. The Labute approximate surface area is 100 Å². The monoisotopic (exact) mass is 229 g/mol. The van der Waals surface area contributed by atoms with Gasteiger partial charge in [-0.05, 0) is 25.5 Å². The first-order chi connectivity index (χ1) is 8.22. The smallest absolute Gasteiger partial charge is 0.107 e. The van der Waals surface area contributed by atoms with E-state index >= 15 is 0 Å². The molecule has 2 rings (SSSR count). The number of aromatic nitrogens is 3. The standard InChI is InChI=1S/C13H15N3O/c1-3-12-11(7-9(2)15-16-12)13(17)10-5-4-6-14-8-10/h4-8,13,17H,3H2,1-2H3. The molecule has 1 unspecified atom stereocenters. The molecule has 0 saturated carbocycles. The highest BCUT2D eigenvalue weighted by molar-refractivity contribution is 5.31. The molecule has 0 saturated heterocycles. The van der Waals surface area contributed by atoms with Crippen LogP contribution in [0.4, 0.5) is 0 Å². The SMILES string of the molecule is CCc1nnc(C)cc1C(O)c1cccnc1. The minimum atomic E-state index is -0.687. The first-order valence-electron chi connectivity index (χ1n) is 5.63. The third kappa shape index (κ3) is 2.47. The van der Waals surface area contributed by atoms with E-state index in [4.69, 9.17) is 0 Å². The van der Waals surface area contributed by atoms with Crippen LogP contribution in [0.15, 0.2) is 30.6 Å². The molecular weight excluding hydrogens is 214 g/mol. The molecule has 0 spiro atoms. The summed E-state index contributed by atoms with van der Waals surface area (Å²) in [6, 6.07) is 5.54. The maximum atomic E-state index is 10.3. The maximum absolute atomic E-state index is 10.3. The number of hydrogen-bond acceptors (Lipinski definition) is 4. The van der Waals surface area contributed by atoms with Crippen molar-refractivity contribution in [2.45, 2.75) is 26.4 Å². The fraction of sp³-hybridized carbons (Fsp3) is 0.308. The summed E-state index contributed by atoms with van der Waals surface area (Å²) < 4.78 is 0. The molecule has 0 aliphatic rings. The molecule has 4 heteroatoms. The summed E-state index contributed by atoms with van der Waals surface area (Å²) in [6.07, 6.45) is 3.42. The first-order valence-corrected chi connectivity index (χ1v) is 5.63. The molecule has 88 valence electrons. The van der Waals surface area contributed by atoms with Gasteiger partial charge in [-0.2, -0.15) is 10.2 Å². The second-order valence-corrected chi connectivity index (χ2v) is 3.93. The van der Waals surface area contributed by atoms with Crippen molar-refractivity contribution in [3.05, 3.63) is 53.1 Å². The lowest BCUT2D eigenvalue weighted by Gasteiger charge is -2.14. The Balaban J connectivity index is 2.43. The summed E-state index contributed by atoms with van der Waals surface area (Å²) in [7, 11) is 0. The van der Waals surface area contributed by atoms with Crippen LogP contribution in [0.2, 0.25) is 0 Å². The van der Waals surface area contributed by atoms with E-state index < -0.39 is 6.10 Å². The predicted molar refractivity (Wildman–Crippen MR) is 64.4 cm³/mol. The van der Waals surface area contributed by atoms with Gasteiger partial charge >= 0.3 is 0 Å². The Bertz CT molecular complexity index is 499. The first kappa shape index (κ1) is 11.7. The van der Waals surface area contributed by atoms with Crippen LogP contribution in [-0.2, 0) is 6.42 Å². The van der Waals surface area contributed by atoms with Crippen molar-refractivity contribution in [3.63, 3.8) is 0 Å². The van der Waals surface area contributed by atoms with Crippen LogP contribution in [0.5, 0.6) is 0 Å². The third-order valence-corrected chi connectivity index (χ3v) is 2.66. The van der Waals surface area contributed by atoms with Gasteiger partial charge in [-0.3, -0.25) is 4.98 Å². The predicted octanol–water partition coefficient (Wildman–Crippen LogP) is 1.82. The molecule has 2 aromatic rings. The third-order valence-electron chi connectivity index (χ3n) is 2.66. The Morgan fingerprint density at radius 3 is 2.82 bits per heavy atom. The molecule has 17 heavy (non-hydrogen) atoms. The number of pyridine rings is 1. The van der Waals surface area contributed by atoms with Crippen LogP contribution in [0, 0.1) is 6.92 Å². The number of aliphatic hydroxyl groups is 1. The second kappa shape index (κ2) is 5.01. The molecular formula is C13H15N3O. The van der Waals surface area contributed by atoms with Crippen LogP contribution < -0.4 is 0 Å². The average molecular weight is 229 g/mol. The van der Waals surface area contributed by atoms with E-state index in [9.17, 15) is 5.11 Å². The highest BCUT2D eigenvalue weighted by Crippen LogP contribution is 2.23. The molecule has 2 aromatic heterocycles. The van der Waals surface area contributed by atoms with Gasteiger partial charge in [-0.15, -0.1) is 0 Å². The van der Waals surface area contributed by atoms with Crippen molar-refractivity contribution in [2.75, 3.05) is 0 Å². The van der Waals surface area contributed by atoms with E-state index in [2.05, 4.69) is 15.2 Å². The van der Waals surface area contributed by atoms with E-state index in [1.165, 1.54) is 0 Å². The summed E-state index contributed by atoms with van der Waals surface area (Å²) in [6.45, 7) is 3.87. The van der Waals surface area contributed by atoms with Crippen LogP contribution >= 0.6 is 0 Å². The molecule has 0 aliphatic carbocycles. The summed E-state index contributed by atoms with van der Waals surface area (Å²) in [5, 5.41) is 18.4. The van der Waals surface area contributed by atoms with E-state index in [0.29, 0.717) is 0 Å². The van der Waals surface area contributed by atoms with Crippen LogP contribution in [-0.4, -0.2) is 20.3 Å². The van der Waals surface area contributed by atoms with Gasteiger partial charge in [0.15, 0.2) is 0 Å². The van der Waals surface area contributed by atoms with Gasteiger partial charge in [0.2, 0.25) is 0 Å². The van der Waals surface area contributed by atoms with E-state index in [1.807, 2.05) is 32.0 Å². The molecule has 0 bridgehead atoms. The van der Waals surface area contributed by atoms with Crippen molar-refractivity contribution in [1.82, 2.24) is 15.2 Å². The highest BCUT2D eigenvalue weighted by atomic mass is 16.3. The highest BCUT2D eigenvalue weighted by Gasteiger charge is 2.15. The van der Waals surface area contributed by atoms with Crippen LogP contribution in [0.3, 0.4) is 0 Å². The Kier molecular flexibility index (Phi) is 3.44. The number of hydrogen-bond donors (Lipinski definition) is 1. The number of aliphatic hydroxyl groups excluding tert-OH is 1. The van der Waals surface area contributed by atoms with Gasteiger partial charge in [-0.1, -0.05) is 13.0 Å². The van der Waals surface area contributed by atoms with Gasteiger partial charge < -0.3 is 5.11 Å². The molecule has 2 heterocycles. The van der Waals surface area contributed by atoms with Gasteiger partial charge in [0.25, 0.3) is 0 Å². The molecule has 1 N–H and O–H groups in total. The molecule has 0 aromatic carbocycles. The summed E-state index contributed by atoms with van der Waals surface area (Å²) in [4.78, 5) is 4.01. The lowest BCUT2D eigenvalue weighted by molar-refractivity contribution is 0.217. The molecule has 1 atom stereocenters. The molecule has 0 aliphatic heterocycles. The topological polar surface area (TPSA) is 58.9 Å². The van der Waals surface area contributed by atoms with Crippen molar-refractivity contribution in [1.29, 1.82) is 0 Å². The summed E-state index contributed by atoms with van der Waals surface area (Å²) >= 11 is 0. The maximum Gasteiger partial charge on any atom is 0.107 e. The molecule has 4 nitrogen and oxygen atoms in total. The normalized spacial score (nSPS) is 12.4. The fourth-order valence-corrected chi connectivity index (χ4v) is 1.76.